The molecule has 0 N–H and O–H groups in total. The molecule has 0 saturated carbocycles. The van der Waals surface area contributed by atoms with Crippen molar-refractivity contribution in [3.8, 4) is 11.4 Å². The normalized spacial score (nSPS) is 11.3. The van der Waals surface area contributed by atoms with Gasteiger partial charge in [0.15, 0.2) is 5.52 Å². The Kier molecular flexibility index (Phi) is 2.44. The van der Waals surface area contributed by atoms with E-state index in [1.54, 1.807) is 22.3 Å². The minimum atomic E-state index is -0.0862. The lowest BCUT2D eigenvalue weighted by atomic mass is 10.2. The quantitative estimate of drug-likeness (QED) is 0.526. The van der Waals surface area contributed by atoms with Crippen molar-refractivity contribution in [2.24, 2.45) is 0 Å². The van der Waals surface area contributed by atoms with Gasteiger partial charge in [0.2, 0.25) is 0 Å². The molecule has 0 atom stereocenters. The molecule has 0 aliphatic carbocycles. The summed E-state index contributed by atoms with van der Waals surface area (Å²) >= 11 is 0. The maximum absolute atomic E-state index is 12.7. The van der Waals surface area contributed by atoms with Crippen LogP contribution in [0.3, 0.4) is 0 Å². The molecule has 4 nitrogen and oxygen atoms in total. The van der Waals surface area contributed by atoms with Crippen LogP contribution in [0.15, 0.2) is 65.7 Å². The SMILES string of the molecule is COc1ccc2c[n+](-c3ccccc3)c(=O)n3ccc1c23. The maximum Gasteiger partial charge on any atom is 0.508 e. The van der Waals surface area contributed by atoms with Crippen LogP contribution in [0.4, 0.5) is 0 Å². The van der Waals surface area contributed by atoms with Crippen molar-refractivity contribution in [1.29, 1.82) is 0 Å². The standard InChI is InChI=1S/C17H13N2O2/c1-21-15-8-7-12-11-19(13-5-3-2-4-6-13)17(20)18-10-9-14(15)16(12)18/h2-11H,1H3/q+1. The molecule has 0 aliphatic rings. The van der Waals surface area contributed by atoms with E-state index in [4.69, 9.17) is 4.74 Å². The molecule has 2 aromatic heterocycles. The highest BCUT2D eigenvalue weighted by Gasteiger charge is 2.19. The van der Waals surface area contributed by atoms with Gasteiger partial charge in [0, 0.05) is 0 Å². The molecule has 0 aliphatic heterocycles. The fraction of sp³-hybridized carbons (Fsp3) is 0.0588. The lowest BCUT2D eigenvalue weighted by molar-refractivity contribution is -0.614. The molecule has 2 aromatic carbocycles. The van der Waals surface area contributed by atoms with Crippen molar-refractivity contribution in [2.45, 2.75) is 0 Å². The maximum atomic E-state index is 12.7. The van der Waals surface area contributed by atoms with Gasteiger partial charge in [-0.15, -0.1) is 0 Å². The van der Waals surface area contributed by atoms with Crippen LogP contribution in [0.5, 0.6) is 5.75 Å². The summed E-state index contributed by atoms with van der Waals surface area (Å²) in [6.07, 6.45) is 3.67. The number of hydrogen-bond acceptors (Lipinski definition) is 2. The Morgan fingerprint density at radius 3 is 2.62 bits per heavy atom. The summed E-state index contributed by atoms with van der Waals surface area (Å²) in [6.45, 7) is 0. The van der Waals surface area contributed by atoms with Crippen LogP contribution in [-0.2, 0) is 0 Å². The van der Waals surface area contributed by atoms with Gasteiger partial charge in [-0.2, -0.15) is 13.8 Å². The molecule has 0 spiro atoms. The van der Waals surface area contributed by atoms with Crippen LogP contribution in [0.1, 0.15) is 0 Å². The molecule has 4 heteroatoms. The Balaban J connectivity index is 2.14. The predicted molar refractivity (Wildman–Crippen MR) is 80.4 cm³/mol. The van der Waals surface area contributed by atoms with Gasteiger partial charge < -0.3 is 4.74 Å². The molecule has 0 saturated heterocycles. The summed E-state index contributed by atoms with van der Waals surface area (Å²) in [6, 6.07) is 15.4. The third kappa shape index (κ3) is 1.62. The minimum Gasteiger partial charge on any atom is -0.496 e. The fourth-order valence-electron chi connectivity index (χ4n) is 2.79. The molecule has 0 bridgehead atoms. The first-order chi connectivity index (χ1) is 10.3. The van der Waals surface area contributed by atoms with E-state index in [2.05, 4.69) is 0 Å². The van der Waals surface area contributed by atoms with Crippen LogP contribution in [0.25, 0.3) is 22.0 Å². The van der Waals surface area contributed by atoms with E-state index in [-0.39, 0.29) is 5.69 Å². The first kappa shape index (κ1) is 11.9. The Morgan fingerprint density at radius 1 is 1.05 bits per heavy atom. The highest BCUT2D eigenvalue weighted by atomic mass is 16.5. The first-order valence-electron chi connectivity index (χ1n) is 6.71. The van der Waals surface area contributed by atoms with Crippen molar-refractivity contribution < 1.29 is 9.30 Å². The van der Waals surface area contributed by atoms with Crippen LogP contribution in [0.2, 0.25) is 0 Å². The summed E-state index contributed by atoms with van der Waals surface area (Å²) in [5.41, 5.74) is 1.66. The Morgan fingerprint density at radius 2 is 1.86 bits per heavy atom. The van der Waals surface area contributed by atoms with E-state index in [1.807, 2.05) is 54.7 Å². The molecule has 0 fully saturated rings. The third-order valence-corrected chi connectivity index (χ3v) is 3.77. The Bertz CT molecular complexity index is 990. The summed E-state index contributed by atoms with van der Waals surface area (Å²) in [4.78, 5) is 12.7. The van der Waals surface area contributed by atoms with Crippen molar-refractivity contribution in [1.82, 2.24) is 4.40 Å². The summed E-state index contributed by atoms with van der Waals surface area (Å²) < 4.78 is 8.69. The number of para-hydroxylation sites is 1. The second-order valence-corrected chi connectivity index (χ2v) is 4.92. The number of rotatable bonds is 2. The molecular formula is C17H13N2O2+. The molecule has 2 heterocycles. The topological polar surface area (TPSA) is 34.6 Å². The Labute approximate surface area is 120 Å². The first-order valence-corrected chi connectivity index (χ1v) is 6.71. The van der Waals surface area contributed by atoms with Gasteiger partial charge >= 0.3 is 5.69 Å². The number of aromatic nitrogens is 2. The molecule has 4 aromatic rings. The van der Waals surface area contributed by atoms with E-state index < -0.39 is 0 Å². The van der Waals surface area contributed by atoms with Crippen LogP contribution < -0.4 is 15.0 Å². The van der Waals surface area contributed by atoms with Crippen LogP contribution >= 0.6 is 0 Å². The van der Waals surface area contributed by atoms with Crippen molar-refractivity contribution in [2.75, 3.05) is 7.11 Å². The smallest absolute Gasteiger partial charge is 0.496 e. The Hall–Kier alpha value is -2.88. The number of benzene rings is 2. The van der Waals surface area contributed by atoms with Crippen LogP contribution in [-0.4, -0.2) is 11.5 Å². The van der Waals surface area contributed by atoms with Gasteiger partial charge in [0.25, 0.3) is 0 Å². The van der Waals surface area contributed by atoms with E-state index >= 15 is 0 Å². The molecule has 4 rings (SSSR count). The number of methoxy groups -OCH3 is 1. The number of hydrogen-bond donors (Lipinski definition) is 0. The van der Waals surface area contributed by atoms with Gasteiger partial charge in [0.05, 0.1) is 17.9 Å². The van der Waals surface area contributed by atoms with Crippen molar-refractivity contribution >= 4 is 16.3 Å². The molecule has 102 valence electrons. The van der Waals surface area contributed by atoms with Crippen molar-refractivity contribution in [3.63, 3.8) is 0 Å². The van der Waals surface area contributed by atoms with E-state index in [9.17, 15) is 4.79 Å². The lowest BCUT2D eigenvalue weighted by Crippen LogP contribution is -2.50. The van der Waals surface area contributed by atoms with Crippen LogP contribution in [0, 0.1) is 0 Å². The highest BCUT2D eigenvalue weighted by Crippen LogP contribution is 2.28. The fourth-order valence-corrected chi connectivity index (χ4v) is 2.79. The lowest BCUT2D eigenvalue weighted by Gasteiger charge is -2.04. The molecule has 21 heavy (non-hydrogen) atoms. The molecule has 0 unspecified atom stereocenters. The average molecular weight is 277 g/mol. The molecular weight excluding hydrogens is 264 g/mol. The number of ether oxygens (including phenoxy) is 1. The minimum absolute atomic E-state index is 0.0862. The number of nitrogens with zero attached hydrogens (tertiary/aromatic N) is 2. The van der Waals surface area contributed by atoms with E-state index in [0.717, 1.165) is 27.7 Å². The monoisotopic (exact) mass is 277 g/mol. The zero-order chi connectivity index (χ0) is 14.4. The molecule has 0 amide bonds. The largest absolute Gasteiger partial charge is 0.508 e. The average Bonchev–Trinajstić information content (AvgIpc) is 2.98. The van der Waals surface area contributed by atoms with E-state index in [0.29, 0.717) is 0 Å². The summed E-state index contributed by atoms with van der Waals surface area (Å²) in [5, 5.41) is 1.95. The van der Waals surface area contributed by atoms with Gasteiger partial charge in [-0.25, -0.2) is 0 Å². The van der Waals surface area contributed by atoms with Gasteiger partial charge in [-0.1, -0.05) is 18.2 Å². The van der Waals surface area contributed by atoms with Gasteiger partial charge in [-0.05, 0) is 30.3 Å². The van der Waals surface area contributed by atoms with Crippen molar-refractivity contribution in [3.05, 3.63) is 71.4 Å². The summed E-state index contributed by atoms with van der Waals surface area (Å²) in [7, 11) is 1.64. The van der Waals surface area contributed by atoms with Gasteiger partial charge in [0.1, 0.15) is 23.8 Å². The second-order valence-electron chi connectivity index (χ2n) is 4.92. The van der Waals surface area contributed by atoms with E-state index in [1.165, 1.54) is 0 Å². The van der Waals surface area contributed by atoms with Gasteiger partial charge in [-0.3, -0.25) is 0 Å². The summed E-state index contributed by atoms with van der Waals surface area (Å²) in [5.74, 6) is 0.780. The highest BCUT2D eigenvalue weighted by molar-refractivity contribution is 5.99. The zero-order valence-corrected chi connectivity index (χ0v) is 11.5. The molecule has 0 radical (unpaired) electrons. The second kappa shape index (κ2) is 4.31. The zero-order valence-electron chi connectivity index (χ0n) is 11.5. The third-order valence-electron chi connectivity index (χ3n) is 3.77. The predicted octanol–water partition coefficient (Wildman–Crippen LogP) is 2.18.